The number of nitrogens with one attached hydrogen (secondary N) is 1. The van der Waals surface area contributed by atoms with Crippen LogP contribution in [-0.2, 0) is 4.79 Å². The second-order valence-electron chi connectivity index (χ2n) is 7.37. The van der Waals surface area contributed by atoms with E-state index in [0.29, 0.717) is 25.3 Å². The Kier molecular flexibility index (Phi) is 5.31. The number of aryl methyl sites for hydroxylation is 1. The lowest BCUT2D eigenvalue weighted by Gasteiger charge is -2.33. The summed E-state index contributed by atoms with van der Waals surface area (Å²) in [6.45, 7) is 8.97. The molecular weight excluding hydrogens is 378 g/mol. The van der Waals surface area contributed by atoms with Gasteiger partial charge in [0.05, 0.1) is 30.5 Å². The van der Waals surface area contributed by atoms with Crippen LogP contribution in [0, 0.1) is 6.92 Å². The normalized spacial score (nSPS) is 18.4. The second-order valence-corrected chi connectivity index (χ2v) is 7.37. The Balaban J connectivity index is 1.73. The molecule has 154 valence electrons. The van der Waals surface area contributed by atoms with Gasteiger partial charge in [0.25, 0.3) is 5.91 Å². The van der Waals surface area contributed by atoms with E-state index in [9.17, 15) is 9.59 Å². The van der Waals surface area contributed by atoms with Crippen molar-refractivity contribution in [1.82, 2.24) is 10.2 Å². The van der Waals surface area contributed by atoms with Gasteiger partial charge in [-0.15, -0.1) is 6.58 Å². The molecular formula is C24H25N3O3. The largest absolute Gasteiger partial charge is 0.494 e. The number of benzene rings is 2. The van der Waals surface area contributed by atoms with Gasteiger partial charge in [-0.1, -0.05) is 35.9 Å². The van der Waals surface area contributed by atoms with Crippen LogP contribution in [0.1, 0.15) is 24.1 Å². The van der Waals surface area contributed by atoms with Crippen LogP contribution in [0.25, 0.3) is 0 Å². The predicted molar refractivity (Wildman–Crippen MR) is 116 cm³/mol. The smallest absolute Gasteiger partial charge is 0.322 e. The number of rotatable bonds is 6. The Morgan fingerprint density at radius 1 is 1.13 bits per heavy atom. The van der Waals surface area contributed by atoms with Gasteiger partial charge < -0.3 is 15.0 Å². The lowest BCUT2D eigenvalue weighted by molar-refractivity contribution is -0.114. The summed E-state index contributed by atoms with van der Waals surface area (Å²) in [5.74, 6) is 0.659. The number of nitrogens with zero attached hydrogens (tertiary/aromatic N) is 2. The fraction of sp³-hybridized carbons (Fsp3) is 0.250. The molecule has 0 bridgehead atoms. The number of hydrogen-bond donors (Lipinski definition) is 1. The van der Waals surface area contributed by atoms with Crippen LogP contribution in [0.3, 0.4) is 0 Å². The van der Waals surface area contributed by atoms with Gasteiger partial charge in [-0.25, -0.2) is 4.79 Å². The molecule has 0 fully saturated rings. The summed E-state index contributed by atoms with van der Waals surface area (Å²) in [5.41, 5.74) is 4.11. The van der Waals surface area contributed by atoms with Gasteiger partial charge in [0, 0.05) is 12.2 Å². The average Bonchev–Trinajstić information content (AvgIpc) is 3.09. The molecule has 6 heteroatoms. The molecule has 0 aliphatic carbocycles. The van der Waals surface area contributed by atoms with E-state index in [1.54, 1.807) is 15.9 Å². The lowest BCUT2D eigenvalue weighted by Crippen LogP contribution is -2.47. The van der Waals surface area contributed by atoms with Crippen molar-refractivity contribution in [2.75, 3.05) is 24.6 Å². The van der Waals surface area contributed by atoms with Gasteiger partial charge in [-0.3, -0.25) is 9.69 Å². The van der Waals surface area contributed by atoms with Crippen LogP contribution in [0.4, 0.5) is 10.5 Å². The highest BCUT2D eigenvalue weighted by molar-refractivity contribution is 6.11. The Morgan fingerprint density at radius 2 is 1.83 bits per heavy atom. The van der Waals surface area contributed by atoms with Crippen LogP contribution >= 0.6 is 0 Å². The third-order valence-corrected chi connectivity index (χ3v) is 5.40. The summed E-state index contributed by atoms with van der Waals surface area (Å²) >= 11 is 0. The van der Waals surface area contributed by atoms with Crippen molar-refractivity contribution >= 4 is 17.6 Å². The number of urea groups is 1. The van der Waals surface area contributed by atoms with E-state index in [4.69, 9.17) is 4.74 Å². The van der Waals surface area contributed by atoms with Crippen molar-refractivity contribution in [3.05, 3.63) is 83.6 Å². The van der Waals surface area contributed by atoms with Gasteiger partial charge >= 0.3 is 6.03 Å². The SMILES string of the molecule is C=CCN1C(=O)NC(c2ccc(OCC)cc2)C2=C1CN(c1ccc(C)cc1)C2=O. The fourth-order valence-corrected chi connectivity index (χ4v) is 3.92. The summed E-state index contributed by atoms with van der Waals surface area (Å²) < 4.78 is 5.52. The van der Waals surface area contributed by atoms with E-state index < -0.39 is 6.04 Å². The Bertz CT molecular complexity index is 1010. The zero-order valence-corrected chi connectivity index (χ0v) is 17.2. The van der Waals surface area contributed by atoms with Crippen molar-refractivity contribution in [2.24, 2.45) is 0 Å². The van der Waals surface area contributed by atoms with E-state index in [1.807, 2.05) is 62.4 Å². The molecule has 0 saturated carbocycles. The predicted octanol–water partition coefficient (Wildman–Crippen LogP) is 3.95. The molecule has 1 atom stereocenters. The third kappa shape index (κ3) is 3.45. The molecule has 1 unspecified atom stereocenters. The third-order valence-electron chi connectivity index (χ3n) is 5.40. The zero-order valence-electron chi connectivity index (χ0n) is 17.2. The van der Waals surface area contributed by atoms with Crippen molar-refractivity contribution in [3.63, 3.8) is 0 Å². The molecule has 3 amide bonds. The number of carbonyl (C=O) groups is 2. The second kappa shape index (κ2) is 8.06. The standard InChI is InChI=1S/C24H25N3O3/c1-4-14-26-20-15-27(18-10-6-16(3)7-11-18)23(28)21(20)22(25-24(26)29)17-8-12-19(13-9-17)30-5-2/h4,6-13,22H,1,5,14-15H2,2-3H3,(H,25,29). The molecule has 2 heterocycles. The molecule has 0 saturated heterocycles. The maximum atomic E-state index is 13.5. The Labute approximate surface area is 176 Å². The number of amides is 3. The van der Waals surface area contributed by atoms with Gasteiger partial charge in [0.1, 0.15) is 5.75 Å². The highest BCUT2D eigenvalue weighted by Crippen LogP contribution is 2.38. The van der Waals surface area contributed by atoms with Gasteiger partial charge in [0.2, 0.25) is 0 Å². The topological polar surface area (TPSA) is 61.9 Å². The zero-order chi connectivity index (χ0) is 21.3. The maximum Gasteiger partial charge on any atom is 0.322 e. The highest BCUT2D eigenvalue weighted by Gasteiger charge is 2.44. The Hall–Kier alpha value is -3.54. The number of ether oxygens (including phenoxy) is 1. The minimum absolute atomic E-state index is 0.0956. The van der Waals surface area contributed by atoms with E-state index in [-0.39, 0.29) is 11.9 Å². The molecule has 0 radical (unpaired) electrons. The lowest BCUT2D eigenvalue weighted by atomic mass is 9.95. The first-order chi connectivity index (χ1) is 14.5. The first-order valence-corrected chi connectivity index (χ1v) is 10.1. The number of hydrogen-bond acceptors (Lipinski definition) is 3. The summed E-state index contributed by atoms with van der Waals surface area (Å²) in [6, 6.07) is 14.6. The molecule has 2 aliphatic heterocycles. The van der Waals surface area contributed by atoms with Gasteiger partial charge in [0.15, 0.2) is 0 Å². The van der Waals surface area contributed by atoms with Crippen molar-refractivity contribution in [3.8, 4) is 5.75 Å². The minimum atomic E-state index is -0.507. The molecule has 30 heavy (non-hydrogen) atoms. The van der Waals surface area contributed by atoms with Crippen LogP contribution < -0.4 is 15.0 Å². The summed E-state index contributed by atoms with van der Waals surface area (Å²) in [6.07, 6.45) is 1.67. The number of carbonyl (C=O) groups excluding carboxylic acids is 2. The average molecular weight is 403 g/mol. The molecule has 2 aromatic carbocycles. The van der Waals surface area contributed by atoms with Crippen molar-refractivity contribution in [2.45, 2.75) is 19.9 Å². The highest BCUT2D eigenvalue weighted by atomic mass is 16.5. The summed E-state index contributed by atoms with van der Waals surface area (Å²) in [7, 11) is 0. The summed E-state index contributed by atoms with van der Waals surface area (Å²) in [4.78, 5) is 29.6. The van der Waals surface area contributed by atoms with Crippen LogP contribution in [0.5, 0.6) is 5.75 Å². The van der Waals surface area contributed by atoms with E-state index in [0.717, 1.165) is 28.3 Å². The van der Waals surface area contributed by atoms with E-state index in [2.05, 4.69) is 11.9 Å². The van der Waals surface area contributed by atoms with E-state index >= 15 is 0 Å². The quantitative estimate of drug-likeness (QED) is 0.743. The molecule has 4 rings (SSSR count). The van der Waals surface area contributed by atoms with Crippen LogP contribution in [0.2, 0.25) is 0 Å². The first kappa shape index (κ1) is 19.8. The van der Waals surface area contributed by atoms with Crippen molar-refractivity contribution < 1.29 is 14.3 Å². The maximum absolute atomic E-state index is 13.5. The van der Waals surface area contributed by atoms with Gasteiger partial charge in [-0.2, -0.15) is 0 Å². The summed E-state index contributed by atoms with van der Waals surface area (Å²) in [5, 5.41) is 3.00. The van der Waals surface area contributed by atoms with Crippen molar-refractivity contribution in [1.29, 1.82) is 0 Å². The molecule has 1 N–H and O–H groups in total. The van der Waals surface area contributed by atoms with E-state index in [1.165, 1.54) is 0 Å². The number of anilines is 1. The minimum Gasteiger partial charge on any atom is -0.494 e. The van der Waals surface area contributed by atoms with Gasteiger partial charge in [-0.05, 0) is 43.7 Å². The molecule has 6 nitrogen and oxygen atoms in total. The fourth-order valence-electron chi connectivity index (χ4n) is 3.92. The Morgan fingerprint density at radius 3 is 2.47 bits per heavy atom. The molecule has 2 aliphatic rings. The van der Waals surface area contributed by atoms with Crippen LogP contribution in [0.15, 0.2) is 72.5 Å². The first-order valence-electron chi connectivity index (χ1n) is 10.1. The molecule has 2 aromatic rings. The van der Waals surface area contributed by atoms with Crippen LogP contribution in [-0.4, -0.2) is 36.5 Å². The monoisotopic (exact) mass is 403 g/mol. The molecule has 0 aromatic heterocycles. The molecule has 0 spiro atoms.